The number of aryl methyl sites for hydroxylation is 1. The lowest BCUT2D eigenvalue weighted by molar-refractivity contribution is 0.0945. The molecule has 0 spiro atoms. The number of carbonyl (C=O) groups excluding carboxylic acids is 1. The molecule has 0 aliphatic heterocycles. The van der Waals surface area contributed by atoms with Crippen molar-refractivity contribution in [1.82, 2.24) is 25.5 Å². The summed E-state index contributed by atoms with van der Waals surface area (Å²) in [5.41, 5.74) is 1.43. The molecule has 23 heavy (non-hydrogen) atoms. The molecular formula is C17H19N5O. The summed E-state index contributed by atoms with van der Waals surface area (Å²) in [6.07, 6.45) is 7.09. The lowest BCUT2D eigenvalue weighted by Gasteiger charge is -2.18. The van der Waals surface area contributed by atoms with E-state index in [4.69, 9.17) is 0 Å². The average molecular weight is 309 g/mol. The van der Waals surface area contributed by atoms with Crippen molar-refractivity contribution < 1.29 is 4.79 Å². The van der Waals surface area contributed by atoms with Crippen molar-refractivity contribution in [3.05, 3.63) is 47.8 Å². The van der Waals surface area contributed by atoms with Gasteiger partial charge < -0.3 is 5.32 Å². The molecule has 1 N–H and O–H groups in total. The fourth-order valence-corrected chi connectivity index (χ4v) is 3.70. The van der Waals surface area contributed by atoms with Gasteiger partial charge in [-0.05, 0) is 66.1 Å². The minimum absolute atomic E-state index is 0.0377. The van der Waals surface area contributed by atoms with Gasteiger partial charge in [-0.25, -0.2) is 0 Å². The van der Waals surface area contributed by atoms with Crippen molar-refractivity contribution in [2.75, 3.05) is 6.54 Å². The Labute approximate surface area is 134 Å². The number of tetrazole rings is 1. The smallest absolute Gasteiger partial charge is 0.251 e. The molecule has 2 aliphatic carbocycles. The van der Waals surface area contributed by atoms with Crippen LogP contribution in [-0.4, -0.2) is 32.7 Å². The van der Waals surface area contributed by atoms with Gasteiger partial charge in [-0.1, -0.05) is 18.2 Å². The number of fused-ring (bicyclic) bond motifs is 2. The van der Waals surface area contributed by atoms with Gasteiger partial charge in [0.05, 0.1) is 5.69 Å². The third-order valence-corrected chi connectivity index (χ3v) is 4.92. The van der Waals surface area contributed by atoms with Crippen LogP contribution in [0.3, 0.4) is 0 Å². The lowest BCUT2D eigenvalue weighted by Crippen LogP contribution is -2.31. The van der Waals surface area contributed by atoms with Crippen molar-refractivity contribution in [3.63, 3.8) is 0 Å². The van der Waals surface area contributed by atoms with E-state index in [0.717, 1.165) is 18.2 Å². The molecule has 3 atom stereocenters. The molecule has 1 amide bonds. The molecular weight excluding hydrogens is 290 g/mol. The summed E-state index contributed by atoms with van der Waals surface area (Å²) in [5, 5.41) is 14.5. The number of hydrogen-bond donors (Lipinski definition) is 1. The zero-order chi connectivity index (χ0) is 15.8. The van der Waals surface area contributed by atoms with Gasteiger partial charge in [-0.3, -0.25) is 4.79 Å². The van der Waals surface area contributed by atoms with Crippen LogP contribution in [0.25, 0.3) is 5.69 Å². The Hall–Kier alpha value is -2.50. The van der Waals surface area contributed by atoms with E-state index < -0.39 is 0 Å². The Balaban J connectivity index is 1.44. The highest BCUT2D eigenvalue weighted by atomic mass is 16.1. The summed E-state index contributed by atoms with van der Waals surface area (Å²) in [6, 6.07) is 7.38. The standard InChI is InChI=1S/C17H19N5O/c1-11-19-20-21-22(11)16-4-2-3-14(9-16)17(23)18-10-15-8-12-5-6-13(15)7-12/h2-6,9,12-13,15H,7-8,10H2,1H3,(H,18,23). The molecule has 1 aromatic carbocycles. The molecule has 1 heterocycles. The molecule has 1 fully saturated rings. The summed E-state index contributed by atoms with van der Waals surface area (Å²) in [6.45, 7) is 2.58. The Morgan fingerprint density at radius 2 is 2.26 bits per heavy atom. The first-order chi connectivity index (χ1) is 11.2. The second-order valence-electron chi connectivity index (χ2n) is 6.44. The van der Waals surface area contributed by atoms with Crippen LogP contribution in [0.5, 0.6) is 0 Å². The lowest BCUT2D eigenvalue weighted by atomic mass is 9.93. The van der Waals surface area contributed by atoms with Crippen LogP contribution in [0, 0.1) is 24.7 Å². The van der Waals surface area contributed by atoms with Crippen LogP contribution in [0.15, 0.2) is 36.4 Å². The highest BCUT2D eigenvalue weighted by Gasteiger charge is 2.35. The first-order valence-electron chi connectivity index (χ1n) is 8.02. The van der Waals surface area contributed by atoms with Crippen LogP contribution >= 0.6 is 0 Å². The number of hydrogen-bond acceptors (Lipinski definition) is 4. The summed E-state index contributed by atoms with van der Waals surface area (Å²) >= 11 is 0. The number of nitrogens with zero attached hydrogens (tertiary/aromatic N) is 4. The van der Waals surface area contributed by atoms with Gasteiger partial charge in [0, 0.05) is 12.1 Å². The van der Waals surface area contributed by atoms with Gasteiger partial charge >= 0.3 is 0 Å². The Morgan fingerprint density at radius 3 is 2.96 bits per heavy atom. The SMILES string of the molecule is Cc1nnnn1-c1cccc(C(=O)NCC2CC3C=CC2C3)c1. The maximum atomic E-state index is 12.4. The molecule has 6 nitrogen and oxygen atoms in total. The minimum Gasteiger partial charge on any atom is -0.352 e. The summed E-state index contributed by atoms with van der Waals surface area (Å²) in [5.74, 6) is 2.61. The number of carbonyl (C=O) groups is 1. The minimum atomic E-state index is -0.0377. The molecule has 4 rings (SSSR count). The fraction of sp³-hybridized carbons (Fsp3) is 0.412. The van der Waals surface area contributed by atoms with Crippen molar-refractivity contribution in [1.29, 1.82) is 0 Å². The van der Waals surface area contributed by atoms with Gasteiger partial charge in [-0.15, -0.1) is 5.10 Å². The zero-order valence-corrected chi connectivity index (χ0v) is 13.0. The van der Waals surface area contributed by atoms with Crippen LogP contribution in [0.2, 0.25) is 0 Å². The Kier molecular flexibility index (Phi) is 3.44. The van der Waals surface area contributed by atoms with E-state index in [2.05, 4.69) is 33.0 Å². The fourth-order valence-electron chi connectivity index (χ4n) is 3.70. The highest BCUT2D eigenvalue weighted by molar-refractivity contribution is 5.94. The molecule has 0 saturated heterocycles. The van der Waals surface area contributed by atoms with E-state index in [-0.39, 0.29) is 5.91 Å². The van der Waals surface area contributed by atoms with E-state index >= 15 is 0 Å². The summed E-state index contributed by atoms with van der Waals surface area (Å²) < 4.78 is 1.62. The van der Waals surface area contributed by atoms with Gasteiger partial charge in [0.1, 0.15) is 0 Å². The van der Waals surface area contributed by atoms with Crippen LogP contribution in [0.1, 0.15) is 29.0 Å². The quantitative estimate of drug-likeness (QED) is 0.876. The number of benzene rings is 1. The number of amides is 1. The van der Waals surface area contributed by atoms with Crippen LogP contribution in [-0.2, 0) is 0 Å². The predicted molar refractivity (Wildman–Crippen MR) is 85.1 cm³/mol. The van der Waals surface area contributed by atoms with E-state index in [1.807, 2.05) is 31.2 Å². The van der Waals surface area contributed by atoms with E-state index in [1.165, 1.54) is 12.8 Å². The van der Waals surface area contributed by atoms with Crippen LogP contribution in [0.4, 0.5) is 0 Å². The molecule has 1 saturated carbocycles. The highest BCUT2D eigenvalue weighted by Crippen LogP contribution is 2.42. The molecule has 2 aliphatic rings. The maximum Gasteiger partial charge on any atom is 0.251 e. The van der Waals surface area contributed by atoms with Crippen molar-refractivity contribution in [3.8, 4) is 5.69 Å². The van der Waals surface area contributed by atoms with E-state index in [1.54, 1.807) is 4.68 Å². The first kappa shape index (κ1) is 14.1. The Morgan fingerprint density at radius 1 is 1.35 bits per heavy atom. The Bertz CT molecular complexity index is 766. The van der Waals surface area contributed by atoms with Gasteiger partial charge in [0.2, 0.25) is 0 Å². The summed E-state index contributed by atoms with van der Waals surface area (Å²) in [7, 11) is 0. The molecule has 2 aromatic rings. The van der Waals surface area contributed by atoms with Crippen molar-refractivity contribution >= 4 is 5.91 Å². The normalized spacial score (nSPS) is 25.0. The third-order valence-electron chi connectivity index (χ3n) is 4.92. The zero-order valence-electron chi connectivity index (χ0n) is 13.0. The number of allylic oxidation sites excluding steroid dienone is 2. The predicted octanol–water partition coefficient (Wildman–Crippen LogP) is 1.91. The van der Waals surface area contributed by atoms with Crippen LogP contribution < -0.4 is 5.32 Å². The molecule has 118 valence electrons. The number of nitrogens with one attached hydrogen (secondary N) is 1. The molecule has 6 heteroatoms. The molecule has 0 radical (unpaired) electrons. The molecule has 3 unspecified atom stereocenters. The van der Waals surface area contributed by atoms with Gasteiger partial charge in [0.25, 0.3) is 5.91 Å². The maximum absolute atomic E-state index is 12.4. The second kappa shape index (κ2) is 5.61. The monoisotopic (exact) mass is 309 g/mol. The largest absolute Gasteiger partial charge is 0.352 e. The van der Waals surface area contributed by atoms with E-state index in [0.29, 0.717) is 23.2 Å². The topological polar surface area (TPSA) is 72.7 Å². The van der Waals surface area contributed by atoms with E-state index in [9.17, 15) is 4.79 Å². The van der Waals surface area contributed by atoms with Crippen molar-refractivity contribution in [2.24, 2.45) is 17.8 Å². The third kappa shape index (κ3) is 2.65. The van der Waals surface area contributed by atoms with Crippen molar-refractivity contribution in [2.45, 2.75) is 19.8 Å². The second-order valence-corrected chi connectivity index (χ2v) is 6.44. The summed E-state index contributed by atoms with van der Waals surface area (Å²) in [4.78, 5) is 12.4. The molecule has 2 bridgehead atoms. The first-order valence-corrected chi connectivity index (χ1v) is 8.02. The molecule has 1 aromatic heterocycles. The average Bonchev–Trinajstić information content (AvgIpc) is 3.29. The van der Waals surface area contributed by atoms with Gasteiger partial charge in [0.15, 0.2) is 5.82 Å². The van der Waals surface area contributed by atoms with Gasteiger partial charge in [-0.2, -0.15) is 4.68 Å². The number of aromatic nitrogens is 4. The number of rotatable bonds is 4.